The monoisotopic (exact) mass is 185 g/mol. The van der Waals surface area contributed by atoms with Gasteiger partial charge in [0.05, 0.1) is 6.04 Å². The normalized spacial score (nSPS) is 21.2. The van der Waals surface area contributed by atoms with Crippen LogP contribution >= 0.6 is 0 Å². The molecule has 1 N–H and O–H groups in total. The quantitative estimate of drug-likeness (QED) is 0.622. The van der Waals surface area contributed by atoms with Crippen LogP contribution in [0, 0.1) is 0 Å². The minimum Gasteiger partial charge on any atom is -0.347 e. The van der Waals surface area contributed by atoms with Crippen molar-refractivity contribution in [1.82, 2.24) is 15.1 Å². The molecule has 0 saturated carbocycles. The maximum absolute atomic E-state index is 11.6. The van der Waals surface area contributed by atoms with Crippen LogP contribution in [0.1, 0.15) is 6.92 Å². The van der Waals surface area contributed by atoms with E-state index in [0.29, 0.717) is 0 Å². The van der Waals surface area contributed by atoms with E-state index in [1.165, 1.54) is 0 Å². The van der Waals surface area contributed by atoms with Crippen molar-refractivity contribution in [3.05, 3.63) is 0 Å². The molecule has 0 aromatic carbocycles. The van der Waals surface area contributed by atoms with Gasteiger partial charge in [-0.05, 0) is 6.92 Å². The molecule has 13 heavy (non-hydrogen) atoms. The molecule has 0 spiro atoms. The average molecular weight is 185 g/mol. The zero-order valence-corrected chi connectivity index (χ0v) is 8.71. The second kappa shape index (κ2) is 4.58. The van der Waals surface area contributed by atoms with Gasteiger partial charge in [-0.15, -0.1) is 0 Å². The number of hydrogen-bond donors (Lipinski definition) is 1. The smallest absolute Gasteiger partial charge is 0.239 e. The molecule has 4 heteroatoms. The Labute approximate surface area is 79.9 Å². The van der Waals surface area contributed by atoms with Gasteiger partial charge in [-0.2, -0.15) is 0 Å². The average Bonchev–Trinajstić information content (AvgIpc) is 2.17. The van der Waals surface area contributed by atoms with Crippen molar-refractivity contribution in [1.29, 1.82) is 0 Å². The van der Waals surface area contributed by atoms with E-state index in [0.717, 1.165) is 26.2 Å². The highest BCUT2D eigenvalue weighted by Crippen LogP contribution is 2.02. The highest BCUT2D eigenvalue weighted by atomic mass is 16.2. The molecule has 0 aliphatic carbocycles. The van der Waals surface area contributed by atoms with E-state index in [2.05, 4.69) is 10.2 Å². The Morgan fingerprint density at radius 1 is 1.38 bits per heavy atom. The SMILES string of the molecule is C[C@H](C(=O)N(C)C)N1CCNCC1. The first kappa shape index (κ1) is 10.5. The van der Waals surface area contributed by atoms with E-state index in [9.17, 15) is 4.79 Å². The van der Waals surface area contributed by atoms with Crippen LogP contribution < -0.4 is 5.32 Å². The lowest BCUT2D eigenvalue weighted by atomic mass is 10.2. The molecule has 1 rings (SSSR count). The number of nitrogens with zero attached hydrogens (tertiary/aromatic N) is 2. The van der Waals surface area contributed by atoms with Crippen molar-refractivity contribution in [3.8, 4) is 0 Å². The van der Waals surface area contributed by atoms with E-state index in [1.54, 1.807) is 19.0 Å². The van der Waals surface area contributed by atoms with Gasteiger partial charge in [0.1, 0.15) is 0 Å². The summed E-state index contributed by atoms with van der Waals surface area (Å²) in [4.78, 5) is 15.5. The topological polar surface area (TPSA) is 35.6 Å². The van der Waals surface area contributed by atoms with Gasteiger partial charge in [0.2, 0.25) is 5.91 Å². The van der Waals surface area contributed by atoms with Crippen LogP contribution in [-0.2, 0) is 4.79 Å². The lowest BCUT2D eigenvalue weighted by molar-refractivity contribution is -0.134. The molecule has 0 unspecified atom stereocenters. The summed E-state index contributed by atoms with van der Waals surface area (Å²) in [7, 11) is 3.61. The van der Waals surface area contributed by atoms with E-state index in [1.807, 2.05) is 6.92 Å². The number of piperazine rings is 1. The summed E-state index contributed by atoms with van der Waals surface area (Å²) >= 11 is 0. The number of hydrogen-bond acceptors (Lipinski definition) is 3. The van der Waals surface area contributed by atoms with Crippen molar-refractivity contribution in [2.24, 2.45) is 0 Å². The van der Waals surface area contributed by atoms with E-state index in [4.69, 9.17) is 0 Å². The van der Waals surface area contributed by atoms with Crippen LogP contribution in [0.5, 0.6) is 0 Å². The molecule has 1 atom stereocenters. The standard InChI is InChI=1S/C9H19N3O/c1-8(9(13)11(2)3)12-6-4-10-5-7-12/h8,10H,4-7H2,1-3H3/t8-/m1/s1. The van der Waals surface area contributed by atoms with Crippen LogP contribution in [0.2, 0.25) is 0 Å². The summed E-state index contributed by atoms with van der Waals surface area (Å²) in [6, 6.07) is 0.0251. The molecule has 0 aromatic heterocycles. The minimum atomic E-state index is 0.0251. The molecular formula is C9H19N3O. The fourth-order valence-corrected chi connectivity index (χ4v) is 1.60. The van der Waals surface area contributed by atoms with Gasteiger partial charge in [0, 0.05) is 40.3 Å². The van der Waals surface area contributed by atoms with Crippen molar-refractivity contribution >= 4 is 5.91 Å². The highest BCUT2D eigenvalue weighted by Gasteiger charge is 2.23. The van der Waals surface area contributed by atoms with Gasteiger partial charge < -0.3 is 10.2 Å². The molecular weight excluding hydrogens is 166 g/mol. The van der Waals surface area contributed by atoms with Crippen molar-refractivity contribution in [2.75, 3.05) is 40.3 Å². The number of carbonyl (C=O) groups excluding carboxylic acids is 1. The molecule has 76 valence electrons. The predicted octanol–water partition coefficient (Wildman–Crippen LogP) is -0.632. The Morgan fingerprint density at radius 2 is 1.92 bits per heavy atom. The zero-order valence-electron chi connectivity index (χ0n) is 8.71. The van der Waals surface area contributed by atoms with Gasteiger partial charge in [-0.3, -0.25) is 9.69 Å². The second-order valence-corrected chi connectivity index (χ2v) is 3.69. The third kappa shape index (κ3) is 2.67. The first-order valence-corrected chi connectivity index (χ1v) is 4.79. The molecule has 1 aliphatic heterocycles. The van der Waals surface area contributed by atoms with Gasteiger partial charge in [-0.25, -0.2) is 0 Å². The van der Waals surface area contributed by atoms with Crippen LogP contribution in [0.3, 0.4) is 0 Å². The Hall–Kier alpha value is -0.610. The predicted molar refractivity (Wildman–Crippen MR) is 52.6 cm³/mol. The Balaban J connectivity index is 2.45. The van der Waals surface area contributed by atoms with E-state index < -0.39 is 0 Å². The number of likely N-dealkylation sites (N-methyl/N-ethyl adjacent to an activating group) is 1. The lowest BCUT2D eigenvalue weighted by Crippen LogP contribution is -2.52. The first-order chi connectivity index (χ1) is 6.13. The number of amides is 1. The number of nitrogens with one attached hydrogen (secondary N) is 1. The Morgan fingerprint density at radius 3 is 2.38 bits per heavy atom. The molecule has 0 bridgehead atoms. The molecule has 1 fully saturated rings. The third-order valence-corrected chi connectivity index (χ3v) is 2.50. The fourth-order valence-electron chi connectivity index (χ4n) is 1.60. The zero-order chi connectivity index (χ0) is 9.84. The van der Waals surface area contributed by atoms with E-state index in [-0.39, 0.29) is 11.9 Å². The molecule has 0 radical (unpaired) electrons. The lowest BCUT2D eigenvalue weighted by Gasteiger charge is -2.33. The van der Waals surface area contributed by atoms with Crippen LogP contribution in [-0.4, -0.2) is 62.0 Å². The van der Waals surface area contributed by atoms with Gasteiger partial charge >= 0.3 is 0 Å². The van der Waals surface area contributed by atoms with E-state index >= 15 is 0 Å². The largest absolute Gasteiger partial charge is 0.347 e. The molecule has 1 amide bonds. The van der Waals surface area contributed by atoms with Crippen LogP contribution in [0.4, 0.5) is 0 Å². The summed E-state index contributed by atoms with van der Waals surface area (Å²) in [5, 5.41) is 3.27. The Kier molecular flexibility index (Phi) is 3.69. The van der Waals surface area contributed by atoms with Crippen LogP contribution in [0.15, 0.2) is 0 Å². The number of carbonyl (C=O) groups is 1. The first-order valence-electron chi connectivity index (χ1n) is 4.79. The molecule has 1 saturated heterocycles. The molecule has 0 aromatic rings. The summed E-state index contributed by atoms with van der Waals surface area (Å²) < 4.78 is 0. The van der Waals surface area contributed by atoms with Crippen molar-refractivity contribution in [3.63, 3.8) is 0 Å². The van der Waals surface area contributed by atoms with Crippen molar-refractivity contribution in [2.45, 2.75) is 13.0 Å². The van der Waals surface area contributed by atoms with Gasteiger partial charge in [0.15, 0.2) is 0 Å². The summed E-state index contributed by atoms with van der Waals surface area (Å²) in [5.74, 6) is 0.196. The summed E-state index contributed by atoms with van der Waals surface area (Å²) in [6.07, 6.45) is 0. The summed E-state index contributed by atoms with van der Waals surface area (Å²) in [5.41, 5.74) is 0. The third-order valence-electron chi connectivity index (χ3n) is 2.50. The van der Waals surface area contributed by atoms with Gasteiger partial charge in [0.25, 0.3) is 0 Å². The van der Waals surface area contributed by atoms with Crippen molar-refractivity contribution < 1.29 is 4.79 Å². The molecule has 4 nitrogen and oxygen atoms in total. The molecule has 1 heterocycles. The summed E-state index contributed by atoms with van der Waals surface area (Å²) in [6.45, 7) is 5.91. The highest BCUT2D eigenvalue weighted by molar-refractivity contribution is 5.80. The molecule has 1 aliphatic rings. The minimum absolute atomic E-state index is 0.0251. The maximum atomic E-state index is 11.6. The van der Waals surface area contributed by atoms with Gasteiger partial charge in [-0.1, -0.05) is 0 Å². The fraction of sp³-hybridized carbons (Fsp3) is 0.889. The second-order valence-electron chi connectivity index (χ2n) is 3.69. The Bertz CT molecular complexity index is 176. The number of rotatable bonds is 2. The maximum Gasteiger partial charge on any atom is 0.239 e. The van der Waals surface area contributed by atoms with Crippen LogP contribution in [0.25, 0.3) is 0 Å².